The second kappa shape index (κ2) is 5.13. The summed E-state index contributed by atoms with van der Waals surface area (Å²) in [5, 5.41) is 3.40. The van der Waals surface area contributed by atoms with Crippen LogP contribution in [-0.4, -0.2) is 11.5 Å². The first-order chi connectivity index (χ1) is 9.66. The van der Waals surface area contributed by atoms with Gasteiger partial charge in [-0.15, -0.1) is 12.6 Å². The number of rotatable bonds is 2. The number of nitrogens with one attached hydrogen (secondary N) is 2. The Hall–Kier alpha value is -2.07. The number of allylic oxidation sites excluding steroid dienone is 1. The van der Waals surface area contributed by atoms with Crippen LogP contribution in [0.25, 0.3) is 17.3 Å². The summed E-state index contributed by atoms with van der Waals surface area (Å²) < 4.78 is 0. The summed E-state index contributed by atoms with van der Waals surface area (Å²) in [6.45, 7) is 2.70. The monoisotopic (exact) mass is 283 g/mol. The van der Waals surface area contributed by atoms with Gasteiger partial charge in [0.15, 0.2) is 0 Å². The van der Waals surface area contributed by atoms with Crippen LogP contribution >= 0.6 is 12.6 Å². The van der Waals surface area contributed by atoms with Crippen molar-refractivity contribution in [2.24, 2.45) is 5.73 Å². The number of hydrogen-bond donors (Lipinski definition) is 4. The molecule has 0 unspecified atom stereocenters. The Morgan fingerprint density at radius 3 is 2.70 bits per heavy atom. The van der Waals surface area contributed by atoms with E-state index in [0.717, 1.165) is 28.4 Å². The van der Waals surface area contributed by atoms with E-state index in [1.807, 2.05) is 19.2 Å². The molecule has 3 nitrogen and oxygen atoms in total. The molecule has 0 saturated heterocycles. The van der Waals surface area contributed by atoms with Crippen molar-refractivity contribution in [1.29, 1.82) is 0 Å². The lowest BCUT2D eigenvalue weighted by atomic mass is 9.98. The van der Waals surface area contributed by atoms with E-state index in [9.17, 15) is 0 Å². The van der Waals surface area contributed by atoms with Crippen LogP contribution in [0, 0.1) is 0 Å². The van der Waals surface area contributed by atoms with Gasteiger partial charge in [-0.25, -0.2) is 0 Å². The molecule has 102 valence electrons. The van der Waals surface area contributed by atoms with E-state index in [1.54, 1.807) is 0 Å². The summed E-state index contributed by atoms with van der Waals surface area (Å²) in [6.07, 6.45) is 4.12. The summed E-state index contributed by atoms with van der Waals surface area (Å²) in [4.78, 5) is 4.06. The minimum Gasteiger partial charge on any atom is -0.398 e. The maximum Gasteiger partial charge on any atom is 0.111 e. The van der Waals surface area contributed by atoms with Crippen LogP contribution in [0.1, 0.15) is 23.6 Å². The molecule has 3 rings (SSSR count). The highest BCUT2D eigenvalue weighted by Gasteiger charge is 2.17. The number of hydrogen-bond acceptors (Lipinski definition) is 3. The molecule has 20 heavy (non-hydrogen) atoms. The highest BCUT2D eigenvalue weighted by Crippen LogP contribution is 2.33. The molecule has 1 aliphatic heterocycles. The van der Waals surface area contributed by atoms with Gasteiger partial charge in [-0.1, -0.05) is 30.3 Å². The van der Waals surface area contributed by atoms with Crippen LogP contribution in [0.15, 0.2) is 41.4 Å². The highest BCUT2D eigenvalue weighted by atomic mass is 32.1. The fourth-order valence-electron chi connectivity index (χ4n) is 2.39. The molecule has 2 heterocycles. The quantitative estimate of drug-likeness (QED) is 0.637. The fraction of sp³-hybridized carbons (Fsp3) is 0.125. The number of aromatic nitrogens is 1. The van der Waals surface area contributed by atoms with Gasteiger partial charge < -0.3 is 16.0 Å². The Bertz CT molecular complexity index is 692. The van der Waals surface area contributed by atoms with Gasteiger partial charge >= 0.3 is 0 Å². The van der Waals surface area contributed by atoms with Crippen molar-refractivity contribution < 1.29 is 0 Å². The van der Waals surface area contributed by atoms with Crippen molar-refractivity contribution in [3.05, 3.63) is 58.1 Å². The van der Waals surface area contributed by atoms with Gasteiger partial charge in [0.1, 0.15) is 5.82 Å². The number of anilines is 1. The Morgan fingerprint density at radius 2 is 2.00 bits per heavy atom. The first-order valence-corrected chi connectivity index (χ1v) is 6.98. The molecule has 0 atom stereocenters. The van der Waals surface area contributed by atoms with E-state index in [4.69, 9.17) is 5.73 Å². The Morgan fingerprint density at radius 1 is 1.25 bits per heavy atom. The molecule has 1 aliphatic rings. The molecule has 2 aromatic rings. The minimum absolute atomic E-state index is 0.707. The zero-order valence-electron chi connectivity index (χ0n) is 11.3. The van der Waals surface area contributed by atoms with E-state index in [0.29, 0.717) is 5.70 Å². The predicted octanol–water partition coefficient (Wildman–Crippen LogP) is 3.56. The molecule has 0 fully saturated rings. The summed E-state index contributed by atoms with van der Waals surface area (Å²) >= 11 is 4.34. The third-order valence-corrected chi connectivity index (χ3v) is 3.76. The summed E-state index contributed by atoms with van der Waals surface area (Å²) in [5.41, 5.74) is 11.4. The molecule has 0 saturated carbocycles. The topological polar surface area (TPSA) is 53.8 Å². The molecule has 4 N–H and O–H groups in total. The van der Waals surface area contributed by atoms with Gasteiger partial charge in [-0.05, 0) is 24.1 Å². The SMILES string of the molecule is C/C(S)=C(/N)c1c[nH]c2c1C=C(c1ccccc1)CN2. The predicted molar refractivity (Wildman–Crippen MR) is 89.4 cm³/mol. The Balaban J connectivity index is 2.08. The molecule has 1 aromatic carbocycles. The van der Waals surface area contributed by atoms with Crippen molar-refractivity contribution in [3.63, 3.8) is 0 Å². The zero-order valence-corrected chi connectivity index (χ0v) is 12.2. The molecule has 0 aliphatic carbocycles. The number of fused-ring (bicyclic) bond motifs is 1. The third kappa shape index (κ3) is 2.23. The molecule has 0 bridgehead atoms. The lowest BCUT2D eigenvalue weighted by molar-refractivity contribution is 1.26. The van der Waals surface area contributed by atoms with E-state index in [2.05, 4.69) is 53.3 Å². The number of aromatic amines is 1. The van der Waals surface area contributed by atoms with Crippen LogP contribution in [-0.2, 0) is 0 Å². The van der Waals surface area contributed by atoms with Gasteiger partial charge in [0.05, 0.1) is 5.70 Å². The lowest BCUT2D eigenvalue weighted by Gasteiger charge is -2.17. The lowest BCUT2D eigenvalue weighted by Crippen LogP contribution is -2.10. The van der Waals surface area contributed by atoms with Crippen LogP contribution < -0.4 is 11.1 Å². The maximum absolute atomic E-state index is 6.12. The van der Waals surface area contributed by atoms with Gasteiger partial charge in [-0.2, -0.15) is 0 Å². The number of nitrogens with two attached hydrogens (primary N) is 1. The van der Waals surface area contributed by atoms with Crippen molar-refractivity contribution in [2.45, 2.75) is 6.92 Å². The summed E-state index contributed by atoms with van der Waals surface area (Å²) in [6, 6.07) is 10.4. The standard InChI is InChI=1S/C16H17N3S/c1-10(20)15(17)14-9-19-16-13(14)7-12(8-18-16)11-5-3-2-4-6-11/h2-7,9,18-20H,8,17H2,1H3/b15-10-. The van der Waals surface area contributed by atoms with Gasteiger partial charge in [0.2, 0.25) is 0 Å². The average Bonchev–Trinajstić information content (AvgIpc) is 2.90. The Labute approximate surface area is 124 Å². The minimum atomic E-state index is 0.707. The molecular weight excluding hydrogens is 266 g/mol. The van der Waals surface area contributed by atoms with E-state index in [1.165, 1.54) is 11.1 Å². The summed E-state index contributed by atoms with van der Waals surface area (Å²) in [5.74, 6) is 1.01. The first-order valence-electron chi connectivity index (χ1n) is 6.53. The largest absolute Gasteiger partial charge is 0.398 e. The molecule has 0 amide bonds. The van der Waals surface area contributed by atoms with Crippen molar-refractivity contribution in [3.8, 4) is 0 Å². The van der Waals surface area contributed by atoms with Crippen molar-refractivity contribution >= 4 is 35.8 Å². The van der Waals surface area contributed by atoms with E-state index >= 15 is 0 Å². The smallest absolute Gasteiger partial charge is 0.111 e. The Kier molecular flexibility index (Phi) is 3.32. The van der Waals surface area contributed by atoms with Crippen LogP contribution in [0.4, 0.5) is 5.82 Å². The summed E-state index contributed by atoms with van der Waals surface area (Å²) in [7, 11) is 0. The number of H-pyrrole nitrogens is 1. The van der Waals surface area contributed by atoms with Gasteiger partial charge in [0, 0.05) is 28.8 Å². The van der Waals surface area contributed by atoms with Crippen LogP contribution in [0.5, 0.6) is 0 Å². The molecule has 0 radical (unpaired) electrons. The van der Waals surface area contributed by atoms with Crippen molar-refractivity contribution in [2.75, 3.05) is 11.9 Å². The van der Waals surface area contributed by atoms with Gasteiger partial charge in [-0.3, -0.25) is 0 Å². The number of thiol groups is 1. The highest BCUT2D eigenvalue weighted by molar-refractivity contribution is 7.84. The van der Waals surface area contributed by atoms with E-state index in [-0.39, 0.29) is 0 Å². The second-order valence-corrected chi connectivity index (χ2v) is 5.55. The maximum atomic E-state index is 6.12. The van der Waals surface area contributed by atoms with Crippen LogP contribution in [0.2, 0.25) is 0 Å². The average molecular weight is 283 g/mol. The first kappa shape index (κ1) is 12.9. The van der Waals surface area contributed by atoms with Crippen molar-refractivity contribution in [1.82, 2.24) is 4.98 Å². The zero-order chi connectivity index (χ0) is 14.1. The second-order valence-electron chi connectivity index (χ2n) is 4.88. The molecule has 1 aromatic heterocycles. The number of benzene rings is 1. The van der Waals surface area contributed by atoms with Crippen LogP contribution in [0.3, 0.4) is 0 Å². The van der Waals surface area contributed by atoms with E-state index < -0.39 is 0 Å². The molecule has 0 spiro atoms. The fourth-order valence-corrected chi connectivity index (χ4v) is 2.52. The van der Waals surface area contributed by atoms with Gasteiger partial charge in [0.25, 0.3) is 0 Å². The molecular formula is C16H17N3S. The normalized spacial score (nSPS) is 15.0. The third-order valence-electron chi connectivity index (χ3n) is 3.52. The molecule has 4 heteroatoms.